The molecule has 0 spiro atoms. The van der Waals surface area contributed by atoms with Crippen molar-refractivity contribution in [1.29, 1.82) is 0 Å². The monoisotopic (exact) mass is 525 g/mol. The normalized spacial score (nSPS) is 20.7. The van der Waals surface area contributed by atoms with Gasteiger partial charge in [-0.2, -0.15) is 0 Å². The first-order valence-electron chi connectivity index (χ1n) is 13.0. The van der Waals surface area contributed by atoms with Crippen LogP contribution in [0.15, 0.2) is 30.5 Å². The fraction of sp³-hybridized carbons (Fsp3) is 0.519. The highest BCUT2D eigenvalue weighted by Gasteiger charge is 2.40. The summed E-state index contributed by atoms with van der Waals surface area (Å²) in [5, 5.41) is 9.18. The van der Waals surface area contributed by atoms with Crippen molar-refractivity contribution in [3.63, 3.8) is 0 Å². The van der Waals surface area contributed by atoms with Crippen molar-refractivity contribution in [1.82, 2.24) is 25.8 Å². The molecule has 0 radical (unpaired) electrons. The molecule has 4 N–H and O–H groups in total. The highest BCUT2D eigenvalue weighted by molar-refractivity contribution is 5.96. The van der Waals surface area contributed by atoms with Gasteiger partial charge in [0.2, 0.25) is 23.6 Å². The maximum absolute atomic E-state index is 13.5. The maximum atomic E-state index is 13.5. The molecule has 0 bridgehead atoms. The molecule has 38 heavy (non-hydrogen) atoms. The Hall–Kier alpha value is -3.89. The lowest BCUT2D eigenvalue weighted by molar-refractivity contribution is -0.147. The third kappa shape index (κ3) is 5.81. The van der Waals surface area contributed by atoms with Crippen LogP contribution in [-0.2, 0) is 35.1 Å². The van der Waals surface area contributed by atoms with Gasteiger partial charge in [-0.3, -0.25) is 19.2 Å². The number of rotatable bonds is 9. The van der Waals surface area contributed by atoms with Crippen molar-refractivity contribution in [3.8, 4) is 0 Å². The van der Waals surface area contributed by atoms with Gasteiger partial charge in [0.05, 0.1) is 7.11 Å². The average molecular weight is 526 g/mol. The number of hydrogen-bond donors (Lipinski definition) is 4. The number of benzene rings is 1. The summed E-state index contributed by atoms with van der Waals surface area (Å²) in [6, 6.07) is 4.37. The van der Waals surface area contributed by atoms with Crippen LogP contribution in [0, 0.1) is 5.92 Å². The van der Waals surface area contributed by atoms with Crippen molar-refractivity contribution in [2.75, 3.05) is 13.7 Å². The van der Waals surface area contributed by atoms with Gasteiger partial charge in [-0.05, 0) is 36.8 Å². The van der Waals surface area contributed by atoms with Gasteiger partial charge in [0.15, 0.2) is 0 Å². The first kappa shape index (κ1) is 27.2. The lowest BCUT2D eigenvalue weighted by atomic mass is 10.0. The molecule has 11 heteroatoms. The Morgan fingerprint density at radius 1 is 1.13 bits per heavy atom. The van der Waals surface area contributed by atoms with Crippen LogP contribution in [0.5, 0.6) is 0 Å². The highest BCUT2D eigenvalue weighted by atomic mass is 16.5. The number of aromatic nitrogens is 1. The van der Waals surface area contributed by atoms with E-state index in [0.717, 1.165) is 16.5 Å². The number of H-pyrrole nitrogens is 1. The molecule has 1 aromatic heterocycles. The predicted octanol–water partition coefficient (Wildman–Crippen LogP) is 0.779. The molecule has 4 atom stereocenters. The van der Waals surface area contributed by atoms with E-state index in [4.69, 9.17) is 4.74 Å². The summed E-state index contributed by atoms with van der Waals surface area (Å²) < 4.78 is 4.86. The van der Waals surface area contributed by atoms with E-state index in [0.29, 0.717) is 25.8 Å². The third-order valence-corrected chi connectivity index (χ3v) is 7.28. The Morgan fingerprint density at radius 2 is 1.89 bits per heavy atom. The molecule has 4 rings (SSSR count). The van der Waals surface area contributed by atoms with Gasteiger partial charge in [0.25, 0.3) is 0 Å². The Balaban J connectivity index is 1.54. The van der Waals surface area contributed by atoms with Crippen LogP contribution in [0.25, 0.3) is 10.9 Å². The summed E-state index contributed by atoms with van der Waals surface area (Å²) in [4.78, 5) is 68.6. The van der Waals surface area contributed by atoms with E-state index in [1.165, 1.54) is 12.0 Å². The summed E-state index contributed by atoms with van der Waals surface area (Å²) in [5.41, 5.74) is 1.72. The van der Waals surface area contributed by atoms with E-state index in [1.54, 1.807) is 20.0 Å². The van der Waals surface area contributed by atoms with Gasteiger partial charge in [0.1, 0.15) is 24.2 Å². The lowest BCUT2D eigenvalue weighted by Gasteiger charge is -2.29. The number of likely N-dealkylation sites (tertiary alicyclic amines) is 1. The molecule has 3 heterocycles. The van der Waals surface area contributed by atoms with Gasteiger partial charge in [-0.15, -0.1) is 0 Å². The minimum atomic E-state index is -1.00. The van der Waals surface area contributed by atoms with Crippen LogP contribution in [0.2, 0.25) is 0 Å². The van der Waals surface area contributed by atoms with Crippen LogP contribution in [0.1, 0.15) is 45.1 Å². The van der Waals surface area contributed by atoms with Crippen LogP contribution < -0.4 is 16.0 Å². The summed E-state index contributed by atoms with van der Waals surface area (Å²) in [7, 11) is 1.26. The summed E-state index contributed by atoms with van der Waals surface area (Å²) >= 11 is 0. The molecule has 0 unspecified atom stereocenters. The average Bonchev–Trinajstić information content (AvgIpc) is 3.66. The van der Waals surface area contributed by atoms with Crippen molar-refractivity contribution < 1.29 is 28.7 Å². The number of methoxy groups -OCH3 is 1. The molecular formula is C27H35N5O6. The van der Waals surface area contributed by atoms with E-state index in [-0.39, 0.29) is 30.6 Å². The molecule has 2 fully saturated rings. The van der Waals surface area contributed by atoms with Gasteiger partial charge in [0, 0.05) is 36.5 Å². The summed E-state index contributed by atoms with van der Waals surface area (Å²) in [6.07, 6.45) is 3.75. The third-order valence-electron chi connectivity index (χ3n) is 7.28. The van der Waals surface area contributed by atoms with Crippen LogP contribution in [0.4, 0.5) is 0 Å². The number of fused-ring (bicyclic) bond motifs is 1. The molecule has 1 aromatic carbocycles. The van der Waals surface area contributed by atoms with E-state index < -0.39 is 42.0 Å². The van der Waals surface area contributed by atoms with Gasteiger partial charge in [-0.25, -0.2) is 4.79 Å². The zero-order valence-corrected chi connectivity index (χ0v) is 21.9. The van der Waals surface area contributed by atoms with Crippen molar-refractivity contribution >= 4 is 40.5 Å². The molecule has 0 saturated carbocycles. The molecule has 11 nitrogen and oxygen atoms in total. The minimum absolute atomic E-state index is 0.174. The summed E-state index contributed by atoms with van der Waals surface area (Å²) in [5.74, 6) is -2.23. The second-order valence-electron chi connectivity index (χ2n) is 10.2. The van der Waals surface area contributed by atoms with Crippen LogP contribution in [-0.4, -0.2) is 77.3 Å². The molecule has 2 aliphatic rings. The fourth-order valence-corrected chi connectivity index (χ4v) is 5.18. The first-order valence-corrected chi connectivity index (χ1v) is 13.0. The van der Waals surface area contributed by atoms with E-state index in [1.807, 2.05) is 24.3 Å². The van der Waals surface area contributed by atoms with E-state index >= 15 is 0 Å². The molecule has 204 valence electrons. The lowest BCUT2D eigenvalue weighted by Crippen LogP contribution is -2.57. The largest absolute Gasteiger partial charge is 0.467 e. The van der Waals surface area contributed by atoms with Crippen molar-refractivity contribution in [3.05, 3.63) is 36.0 Å². The van der Waals surface area contributed by atoms with Crippen LogP contribution in [0.3, 0.4) is 0 Å². The molecule has 0 aliphatic carbocycles. The minimum Gasteiger partial charge on any atom is -0.467 e. The Morgan fingerprint density at radius 3 is 2.58 bits per heavy atom. The quantitative estimate of drug-likeness (QED) is 0.356. The zero-order valence-electron chi connectivity index (χ0n) is 21.9. The Bertz CT molecular complexity index is 1220. The smallest absolute Gasteiger partial charge is 0.328 e. The molecule has 2 aliphatic heterocycles. The number of nitrogens with zero attached hydrogens (tertiary/aromatic N) is 1. The fourth-order valence-electron chi connectivity index (χ4n) is 5.18. The first-order chi connectivity index (χ1) is 18.2. The number of carbonyl (C=O) groups excluding carboxylic acids is 5. The number of hydrogen-bond acceptors (Lipinski definition) is 6. The standard InChI is InChI=1S/C27H35N5O6/c1-15(2)23(27(37)38-3)31-24(34)20(13-16-14-28-18-8-5-4-7-17(16)18)30-25(35)21-9-6-12-32(21)26(36)19-10-11-22(33)29-19/h4-5,7-8,14-15,19-21,23,28H,6,9-13H2,1-3H3,(H,29,33)(H,30,35)(H,31,34)/t19-,20-,21-,23-/m0/s1. The van der Waals surface area contributed by atoms with Gasteiger partial charge < -0.3 is 30.6 Å². The van der Waals surface area contributed by atoms with Crippen LogP contribution >= 0.6 is 0 Å². The van der Waals surface area contributed by atoms with Gasteiger partial charge >= 0.3 is 5.97 Å². The van der Waals surface area contributed by atoms with E-state index in [9.17, 15) is 24.0 Å². The highest BCUT2D eigenvalue weighted by Crippen LogP contribution is 2.23. The SMILES string of the molecule is COC(=O)[C@@H](NC(=O)[C@H](Cc1c[nH]c2ccccc12)NC(=O)[C@@H]1CCCN1C(=O)[C@@H]1CCC(=O)N1)C(C)C. The second kappa shape index (κ2) is 11.7. The van der Waals surface area contributed by atoms with Gasteiger partial charge in [-0.1, -0.05) is 32.0 Å². The van der Waals surface area contributed by atoms with Crippen molar-refractivity contribution in [2.24, 2.45) is 5.92 Å². The zero-order chi connectivity index (χ0) is 27.4. The molecule has 2 saturated heterocycles. The maximum Gasteiger partial charge on any atom is 0.328 e. The number of ether oxygens (including phenoxy) is 1. The number of para-hydroxylation sites is 1. The Kier molecular flexibility index (Phi) is 8.33. The number of aromatic amines is 1. The number of carbonyl (C=O) groups is 5. The Labute approximate surface area is 221 Å². The topological polar surface area (TPSA) is 150 Å². The van der Waals surface area contributed by atoms with Crippen molar-refractivity contribution in [2.45, 2.75) is 70.1 Å². The van der Waals surface area contributed by atoms with E-state index in [2.05, 4.69) is 20.9 Å². The number of esters is 1. The second-order valence-corrected chi connectivity index (χ2v) is 10.2. The predicted molar refractivity (Wildman–Crippen MR) is 139 cm³/mol. The number of nitrogens with one attached hydrogen (secondary N) is 4. The summed E-state index contributed by atoms with van der Waals surface area (Å²) in [6.45, 7) is 3.98. The number of amides is 4. The molecule has 2 aromatic rings. The molecule has 4 amide bonds. The molecular weight excluding hydrogens is 490 g/mol.